The molecule has 0 amide bonds. The lowest BCUT2D eigenvalue weighted by molar-refractivity contribution is 0.00899. The van der Waals surface area contributed by atoms with E-state index in [1.165, 1.54) is 11.1 Å². The van der Waals surface area contributed by atoms with Crippen molar-refractivity contribution in [1.82, 2.24) is 0 Å². The third kappa shape index (κ3) is 1.98. The van der Waals surface area contributed by atoms with Crippen LogP contribution in [-0.2, 0) is 5.60 Å². The lowest BCUT2D eigenvalue weighted by Crippen LogP contribution is -2.27. The van der Waals surface area contributed by atoms with Crippen LogP contribution in [0.5, 0.6) is 0 Å². The summed E-state index contributed by atoms with van der Waals surface area (Å²) in [6.07, 6.45) is 0. The highest BCUT2D eigenvalue weighted by Gasteiger charge is 2.27. The molecule has 1 aromatic rings. The Balaban J connectivity index is 3.14. The second-order valence-corrected chi connectivity index (χ2v) is 4.60. The molecule has 0 saturated heterocycles. The molecule has 1 aromatic carbocycles. The van der Waals surface area contributed by atoms with E-state index < -0.39 is 5.60 Å². The van der Waals surface area contributed by atoms with Crippen molar-refractivity contribution in [3.63, 3.8) is 0 Å². The van der Waals surface area contributed by atoms with Crippen molar-refractivity contribution < 1.29 is 5.11 Å². The maximum atomic E-state index is 10.3. The van der Waals surface area contributed by atoms with Crippen molar-refractivity contribution in [2.45, 2.75) is 40.2 Å². The second-order valence-electron chi connectivity index (χ2n) is 4.60. The standard InChI is InChI=1S/C13H20O/c1-9(2)13(5,14)12-7-6-10(3)11(4)8-12/h6-9,14H,1-5H3/t13-/m0/s1. The molecule has 14 heavy (non-hydrogen) atoms. The van der Waals surface area contributed by atoms with Gasteiger partial charge in [-0.1, -0.05) is 32.0 Å². The van der Waals surface area contributed by atoms with Gasteiger partial charge >= 0.3 is 0 Å². The molecule has 0 saturated carbocycles. The SMILES string of the molecule is Cc1ccc([C@@](C)(O)C(C)C)cc1C. The molecule has 0 radical (unpaired) electrons. The van der Waals surface area contributed by atoms with Crippen LogP contribution in [0.25, 0.3) is 0 Å². The van der Waals surface area contributed by atoms with Crippen LogP contribution in [0.1, 0.15) is 37.5 Å². The highest BCUT2D eigenvalue weighted by atomic mass is 16.3. The van der Waals surface area contributed by atoms with Crippen LogP contribution in [0, 0.1) is 19.8 Å². The Kier molecular flexibility index (Phi) is 3.01. The predicted molar refractivity (Wildman–Crippen MR) is 60.3 cm³/mol. The van der Waals surface area contributed by atoms with E-state index in [4.69, 9.17) is 0 Å². The predicted octanol–water partition coefficient (Wildman–Crippen LogP) is 3.17. The Hall–Kier alpha value is -0.820. The minimum absolute atomic E-state index is 0.226. The third-order valence-corrected chi connectivity index (χ3v) is 3.22. The number of hydrogen-bond acceptors (Lipinski definition) is 1. The summed E-state index contributed by atoms with van der Waals surface area (Å²) in [4.78, 5) is 0. The minimum Gasteiger partial charge on any atom is -0.385 e. The molecule has 0 aliphatic heterocycles. The number of aliphatic hydroxyl groups is 1. The van der Waals surface area contributed by atoms with Gasteiger partial charge < -0.3 is 5.11 Å². The number of rotatable bonds is 2. The maximum Gasteiger partial charge on any atom is 0.0891 e. The van der Waals surface area contributed by atoms with Crippen molar-refractivity contribution in [2.24, 2.45) is 5.92 Å². The number of aryl methyl sites for hydroxylation is 2. The van der Waals surface area contributed by atoms with E-state index >= 15 is 0 Å². The van der Waals surface area contributed by atoms with Crippen molar-refractivity contribution >= 4 is 0 Å². The summed E-state index contributed by atoms with van der Waals surface area (Å²) in [5, 5.41) is 10.3. The van der Waals surface area contributed by atoms with Gasteiger partial charge in [-0.25, -0.2) is 0 Å². The zero-order valence-corrected chi connectivity index (χ0v) is 9.76. The molecule has 0 aliphatic carbocycles. The van der Waals surface area contributed by atoms with Gasteiger partial charge in [0.1, 0.15) is 0 Å². The van der Waals surface area contributed by atoms with E-state index in [0.717, 1.165) is 5.56 Å². The molecule has 1 rings (SSSR count). The first-order chi connectivity index (χ1) is 6.35. The van der Waals surface area contributed by atoms with Crippen LogP contribution in [0.2, 0.25) is 0 Å². The molecule has 0 unspecified atom stereocenters. The molecule has 1 atom stereocenters. The van der Waals surface area contributed by atoms with Crippen LogP contribution in [0.3, 0.4) is 0 Å². The fourth-order valence-corrected chi connectivity index (χ4v) is 1.39. The van der Waals surface area contributed by atoms with Gasteiger partial charge in [0.25, 0.3) is 0 Å². The largest absolute Gasteiger partial charge is 0.385 e. The van der Waals surface area contributed by atoms with Crippen molar-refractivity contribution in [2.75, 3.05) is 0 Å². The molecule has 0 heterocycles. The topological polar surface area (TPSA) is 20.2 Å². The summed E-state index contributed by atoms with van der Waals surface area (Å²) in [6.45, 7) is 10.1. The van der Waals surface area contributed by atoms with Gasteiger partial charge in [0.2, 0.25) is 0 Å². The van der Waals surface area contributed by atoms with Gasteiger partial charge in [-0.05, 0) is 43.4 Å². The zero-order valence-electron chi connectivity index (χ0n) is 9.76. The highest BCUT2D eigenvalue weighted by molar-refractivity contribution is 5.33. The average Bonchev–Trinajstić information content (AvgIpc) is 2.09. The first-order valence-electron chi connectivity index (χ1n) is 5.16. The van der Waals surface area contributed by atoms with Crippen LogP contribution in [0.4, 0.5) is 0 Å². The monoisotopic (exact) mass is 192 g/mol. The lowest BCUT2D eigenvalue weighted by atomic mass is 9.84. The van der Waals surface area contributed by atoms with E-state index in [0.29, 0.717) is 0 Å². The molecule has 0 fully saturated rings. The minimum atomic E-state index is -0.724. The molecule has 78 valence electrons. The third-order valence-electron chi connectivity index (χ3n) is 3.22. The van der Waals surface area contributed by atoms with Crippen LogP contribution in [0.15, 0.2) is 18.2 Å². The zero-order chi connectivity index (χ0) is 10.9. The average molecular weight is 192 g/mol. The van der Waals surface area contributed by atoms with E-state index in [1.54, 1.807) is 0 Å². The van der Waals surface area contributed by atoms with Crippen molar-refractivity contribution in [3.05, 3.63) is 34.9 Å². The molecule has 0 aliphatic rings. The first-order valence-corrected chi connectivity index (χ1v) is 5.16. The summed E-state index contributed by atoms with van der Waals surface area (Å²) in [5.41, 5.74) is 2.80. The summed E-state index contributed by atoms with van der Waals surface area (Å²) < 4.78 is 0. The first kappa shape index (κ1) is 11.3. The molecular weight excluding hydrogens is 172 g/mol. The molecule has 1 heteroatoms. The summed E-state index contributed by atoms with van der Waals surface area (Å²) >= 11 is 0. The Labute approximate surface area is 86.8 Å². The number of hydrogen-bond donors (Lipinski definition) is 1. The number of benzene rings is 1. The highest BCUT2D eigenvalue weighted by Crippen LogP contribution is 2.29. The fraction of sp³-hybridized carbons (Fsp3) is 0.538. The molecular formula is C13H20O. The summed E-state index contributed by atoms with van der Waals surface area (Å²) in [7, 11) is 0. The van der Waals surface area contributed by atoms with Crippen LogP contribution < -0.4 is 0 Å². The Morgan fingerprint density at radius 2 is 1.71 bits per heavy atom. The van der Waals surface area contributed by atoms with Gasteiger partial charge in [0, 0.05) is 0 Å². The van der Waals surface area contributed by atoms with Gasteiger partial charge in [0.05, 0.1) is 5.60 Å². The van der Waals surface area contributed by atoms with Crippen molar-refractivity contribution in [3.8, 4) is 0 Å². The van der Waals surface area contributed by atoms with E-state index in [9.17, 15) is 5.11 Å². The van der Waals surface area contributed by atoms with Gasteiger partial charge in [-0.2, -0.15) is 0 Å². The summed E-state index contributed by atoms with van der Waals surface area (Å²) in [6, 6.07) is 6.17. The van der Waals surface area contributed by atoms with Gasteiger partial charge in [-0.3, -0.25) is 0 Å². The normalized spacial score (nSPS) is 15.6. The molecule has 0 bridgehead atoms. The van der Waals surface area contributed by atoms with Crippen LogP contribution >= 0.6 is 0 Å². The van der Waals surface area contributed by atoms with E-state index in [1.807, 2.05) is 26.8 Å². The van der Waals surface area contributed by atoms with Gasteiger partial charge in [0.15, 0.2) is 0 Å². The Morgan fingerprint density at radius 3 is 2.14 bits per heavy atom. The quantitative estimate of drug-likeness (QED) is 0.763. The fourth-order valence-electron chi connectivity index (χ4n) is 1.39. The smallest absolute Gasteiger partial charge is 0.0891 e. The Bertz CT molecular complexity index is 324. The van der Waals surface area contributed by atoms with E-state index in [2.05, 4.69) is 26.0 Å². The Morgan fingerprint density at radius 1 is 1.14 bits per heavy atom. The molecule has 1 N–H and O–H groups in total. The molecule has 0 spiro atoms. The van der Waals surface area contributed by atoms with Gasteiger partial charge in [-0.15, -0.1) is 0 Å². The molecule has 1 nitrogen and oxygen atoms in total. The van der Waals surface area contributed by atoms with Crippen molar-refractivity contribution in [1.29, 1.82) is 0 Å². The maximum absolute atomic E-state index is 10.3. The molecule has 0 aromatic heterocycles. The summed E-state index contributed by atoms with van der Waals surface area (Å²) in [5.74, 6) is 0.226. The van der Waals surface area contributed by atoms with Crippen LogP contribution in [-0.4, -0.2) is 5.11 Å². The lowest BCUT2D eigenvalue weighted by Gasteiger charge is -2.28. The van der Waals surface area contributed by atoms with E-state index in [-0.39, 0.29) is 5.92 Å². The second kappa shape index (κ2) is 3.74.